The van der Waals surface area contributed by atoms with Gasteiger partial charge in [-0.2, -0.15) is 0 Å². The first-order valence-electron chi connectivity index (χ1n) is 6.75. The van der Waals surface area contributed by atoms with Crippen molar-refractivity contribution in [3.8, 4) is 0 Å². The Bertz CT molecular complexity index is 491. The predicted molar refractivity (Wildman–Crippen MR) is 79.2 cm³/mol. The highest BCUT2D eigenvalue weighted by Gasteiger charge is 2.20. The van der Waals surface area contributed by atoms with Crippen molar-refractivity contribution in [3.05, 3.63) is 54.4 Å². The second-order valence-corrected chi connectivity index (χ2v) is 11.1. The predicted octanol–water partition coefficient (Wildman–Crippen LogP) is 3.90. The molecular weight excluding hydrogens is 255 g/mol. The Labute approximate surface area is 115 Å². The van der Waals surface area contributed by atoms with Crippen LogP contribution in [-0.2, 0) is 12.6 Å². The summed E-state index contributed by atoms with van der Waals surface area (Å²) < 4.78 is 15.0. The molecule has 0 bridgehead atoms. The summed E-state index contributed by atoms with van der Waals surface area (Å²) in [6, 6.07) is 9.36. The van der Waals surface area contributed by atoms with Crippen molar-refractivity contribution in [2.45, 2.75) is 38.1 Å². The Morgan fingerprint density at radius 1 is 1.21 bits per heavy atom. The van der Waals surface area contributed by atoms with Crippen molar-refractivity contribution in [2.75, 3.05) is 0 Å². The molecule has 1 aromatic heterocycles. The molecule has 0 unspecified atom stereocenters. The van der Waals surface area contributed by atoms with Crippen LogP contribution in [0.15, 0.2) is 43.0 Å². The molecule has 0 saturated heterocycles. The summed E-state index contributed by atoms with van der Waals surface area (Å²) in [5.74, 6) is -0.150. The van der Waals surface area contributed by atoms with Crippen LogP contribution in [-0.4, -0.2) is 17.6 Å². The Balaban J connectivity index is 1.82. The van der Waals surface area contributed by atoms with Gasteiger partial charge < -0.3 is 4.57 Å². The number of imidazole rings is 1. The molecule has 0 aliphatic heterocycles. The smallest absolute Gasteiger partial charge is 0.123 e. The lowest BCUT2D eigenvalue weighted by Crippen LogP contribution is -2.29. The molecule has 1 heterocycles. The molecule has 2 nitrogen and oxygen atoms in total. The quantitative estimate of drug-likeness (QED) is 0.732. The number of hydrogen-bond acceptors (Lipinski definition) is 1. The average Bonchev–Trinajstić information content (AvgIpc) is 2.85. The molecule has 0 spiro atoms. The van der Waals surface area contributed by atoms with Crippen molar-refractivity contribution in [1.82, 2.24) is 9.55 Å². The third kappa shape index (κ3) is 4.63. The fraction of sp³-hybridized carbons (Fsp3) is 0.400. The summed E-state index contributed by atoms with van der Waals surface area (Å²) in [7, 11) is -1.25. The summed E-state index contributed by atoms with van der Waals surface area (Å²) in [4.78, 5) is 4.05. The van der Waals surface area contributed by atoms with Gasteiger partial charge in [-0.1, -0.05) is 36.8 Å². The molecule has 0 amide bonds. The molecule has 0 atom stereocenters. The summed E-state index contributed by atoms with van der Waals surface area (Å²) in [5.41, 5.74) is 1.26. The van der Waals surface area contributed by atoms with E-state index in [4.69, 9.17) is 0 Å². The first-order valence-corrected chi connectivity index (χ1v) is 10.2. The largest absolute Gasteiger partial charge is 0.338 e. The van der Waals surface area contributed by atoms with E-state index in [9.17, 15) is 4.39 Å². The van der Waals surface area contributed by atoms with E-state index in [0.29, 0.717) is 0 Å². The number of halogens is 1. The molecule has 0 N–H and O–H groups in total. The van der Waals surface area contributed by atoms with Gasteiger partial charge in [0.25, 0.3) is 0 Å². The second kappa shape index (κ2) is 6.15. The van der Waals surface area contributed by atoms with Crippen molar-refractivity contribution in [2.24, 2.45) is 0 Å². The highest BCUT2D eigenvalue weighted by atomic mass is 28.3. The maximum atomic E-state index is 12.9. The van der Waals surface area contributed by atoms with Gasteiger partial charge in [0, 0.05) is 18.9 Å². The average molecular weight is 276 g/mol. The maximum Gasteiger partial charge on any atom is 0.123 e. The van der Waals surface area contributed by atoms with Gasteiger partial charge in [-0.15, -0.1) is 0 Å². The van der Waals surface area contributed by atoms with Crippen LogP contribution in [0.3, 0.4) is 0 Å². The molecule has 0 radical (unpaired) electrons. The Morgan fingerprint density at radius 3 is 2.58 bits per heavy atom. The third-order valence-corrected chi connectivity index (χ3v) is 6.50. The van der Waals surface area contributed by atoms with E-state index in [1.165, 1.54) is 18.0 Å². The van der Waals surface area contributed by atoms with Crippen LogP contribution >= 0.6 is 0 Å². The first kappa shape index (κ1) is 14.0. The van der Waals surface area contributed by atoms with Crippen LogP contribution in [0.4, 0.5) is 4.39 Å². The standard InChI is InChI=1S/C15H21FN2Si/c1-19(2,11-3-9-18-10-8-17-13-18)12-14-4-6-15(16)7-5-14/h4-8,10,13H,3,9,11-12H2,1-2H3. The molecule has 19 heavy (non-hydrogen) atoms. The molecule has 0 aliphatic rings. The number of benzene rings is 1. The van der Waals surface area contributed by atoms with Gasteiger partial charge >= 0.3 is 0 Å². The molecule has 2 rings (SSSR count). The van der Waals surface area contributed by atoms with Crippen LogP contribution < -0.4 is 0 Å². The van der Waals surface area contributed by atoms with Gasteiger partial charge in [0.1, 0.15) is 5.82 Å². The van der Waals surface area contributed by atoms with E-state index in [-0.39, 0.29) is 5.82 Å². The minimum absolute atomic E-state index is 0.150. The summed E-state index contributed by atoms with van der Waals surface area (Å²) in [6.45, 7) is 5.86. The molecule has 2 aromatic rings. The molecule has 1 aromatic carbocycles. The first-order chi connectivity index (χ1) is 9.05. The Morgan fingerprint density at radius 2 is 1.95 bits per heavy atom. The monoisotopic (exact) mass is 276 g/mol. The topological polar surface area (TPSA) is 17.8 Å². The zero-order chi connectivity index (χ0) is 13.7. The van der Waals surface area contributed by atoms with E-state index < -0.39 is 8.07 Å². The Hall–Kier alpha value is -1.42. The lowest BCUT2D eigenvalue weighted by atomic mass is 10.2. The van der Waals surface area contributed by atoms with E-state index in [2.05, 4.69) is 22.6 Å². The zero-order valence-corrected chi connectivity index (χ0v) is 12.6. The van der Waals surface area contributed by atoms with Gasteiger partial charge in [0.05, 0.1) is 14.4 Å². The van der Waals surface area contributed by atoms with E-state index in [1.807, 2.05) is 30.9 Å². The minimum Gasteiger partial charge on any atom is -0.338 e. The lowest BCUT2D eigenvalue weighted by Gasteiger charge is -2.22. The minimum atomic E-state index is -1.25. The fourth-order valence-corrected chi connectivity index (χ4v) is 5.04. The molecule has 0 aliphatic carbocycles. The van der Waals surface area contributed by atoms with Crippen LogP contribution in [0.1, 0.15) is 12.0 Å². The fourth-order valence-electron chi connectivity index (χ4n) is 2.40. The molecule has 0 saturated carbocycles. The summed E-state index contributed by atoms with van der Waals surface area (Å²) in [5, 5.41) is 0. The molecular formula is C15H21FN2Si. The molecule has 4 heteroatoms. The normalized spacial score (nSPS) is 11.7. The van der Waals surface area contributed by atoms with Crippen molar-refractivity contribution >= 4 is 8.07 Å². The van der Waals surface area contributed by atoms with Gasteiger partial charge in [-0.3, -0.25) is 0 Å². The number of hydrogen-bond donors (Lipinski definition) is 0. The van der Waals surface area contributed by atoms with Crippen molar-refractivity contribution < 1.29 is 4.39 Å². The lowest BCUT2D eigenvalue weighted by molar-refractivity contribution is 0.627. The second-order valence-electron chi connectivity index (χ2n) is 5.87. The zero-order valence-electron chi connectivity index (χ0n) is 11.6. The number of nitrogens with zero attached hydrogens (tertiary/aromatic N) is 2. The highest BCUT2D eigenvalue weighted by Crippen LogP contribution is 2.19. The van der Waals surface area contributed by atoms with Gasteiger partial charge in [-0.05, 0) is 24.6 Å². The maximum absolute atomic E-state index is 12.9. The van der Waals surface area contributed by atoms with Crippen LogP contribution in [0.2, 0.25) is 19.1 Å². The van der Waals surface area contributed by atoms with Gasteiger partial charge in [0.15, 0.2) is 0 Å². The van der Waals surface area contributed by atoms with Crippen molar-refractivity contribution in [1.29, 1.82) is 0 Å². The van der Waals surface area contributed by atoms with Gasteiger partial charge in [-0.25, -0.2) is 9.37 Å². The number of rotatable bonds is 6. The SMILES string of the molecule is C[Si](C)(CCCn1ccnc1)Cc1ccc(F)cc1. The Kier molecular flexibility index (Phi) is 4.53. The van der Waals surface area contributed by atoms with E-state index in [0.717, 1.165) is 12.6 Å². The van der Waals surface area contributed by atoms with Crippen molar-refractivity contribution in [3.63, 3.8) is 0 Å². The molecule has 0 fully saturated rings. The summed E-state index contributed by atoms with van der Waals surface area (Å²) >= 11 is 0. The van der Waals surface area contributed by atoms with Crippen LogP contribution in [0.5, 0.6) is 0 Å². The third-order valence-electron chi connectivity index (χ3n) is 3.42. The van der Waals surface area contributed by atoms with Gasteiger partial charge in [0.2, 0.25) is 0 Å². The summed E-state index contributed by atoms with van der Waals surface area (Å²) in [6.07, 6.45) is 6.89. The highest BCUT2D eigenvalue weighted by molar-refractivity contribution is 6.76. The van der Waals surface area contributed by atoms with Crippen LogP contribution in [0, 0.1) is 5.82 Å². The van der Waals surface area contributed by atoms with Crippen LogP contribution in [0.25, 0.3) is 0 Å². The van der Waals surface area contributed by atoms with E-state index >= 15 is 0 Å². The van der Waals surface area contributed by atoms with E-state index in [1.54, 1.807) is 12.1 Å². The number of aryl methyl sites for hydroxylation is 1. The molecule has 102 valence electrons. The number of aromatic nitrogens is 2.